The van der Waals surface area contributed by atoms with Gasteiger partial charge in [0.05, 0.1) is 16.3 Å². The summed E-state index contributed by atoms with van der Waals surface area (Å²) in [6, 6.07) is 10.9. The van der Waals surface area contributed by atoms with Crippen molar-refractivity contribution in [3.8, 4) is 0 Å². The number of nitrogen functional groups attached to an aromatic ring is 1. The van der Waals surface area contributed by atoms with Gasteiger partial charge in [-0.15, -0.1) is 0 Å². The van der Waals surface area contributed by atoms with Crippen LogP contribution in [0, 0.1) is 20.8 Å². The van der Waals surface area contributed by atoms with Gasteiger partial charge in [0, 0.05) is 0 Å². The highest BCUT2D eigenvalue weighted by molar-refractivity contribution is 7.90. The third kappa shape index (κ3) is 2.85. The molecule has 0 fully saturated rings. The average Bonchev–Trinajstić information content (AvgIpc) is 2.37. The Bertz CT molecular complexity index is 729. The molecule has 0 amide bonds. The Labute approximate surface area is 120 Å². The summed E-state index contributed by atoms with van der Waals surface area (Å²) < 4.78 is 25.2. The molecule has 4 heteroatoms. The third-order valence-corrected chi connectivity index (χ3v) is 5.18. The van der Waals surface area contributed by atoms with Crippen LogP contribution in [0.15, 0.2) is 41.3 Å². The van der Waals surface area contributed by atoms with Crippen molar-refractivity contribution in [1.82, 2.24) is 0 Å². The predicted molar refractivity (Wildman–Crippen MR) is 82.4 cm³/mol. The molecule has 0 aliphatic rings. The minimum absolute atomic E-state index is 0.0147. The van der Waals surface area contributed by atoms with E-state index in [1.165, 1.54) is 0 Å². The normalized spacial score (nSPS) is 11.6. The Kier molecular flexibility index (Phi) is 3.86. The molecule has 0 saturated carbocycles. The number of nitrogens with two attached hydrogens (primary N) is 1. The first-order chi connectivity index (χ1) is 9.31. The van der Waals surface area contributed by atoms with Gasteiger partial charge in [-0.2, -0.15) is 0 Å². The highest BCUT2D eigenvalue weighted by Crippen LogP contribution is 2.26. The number of benzene rings is 2. The first kappa shape index (κ1) is 14.6. The van der Waals surface area contributed by atoms with Crippen LogP contribution in [0.3, 0.4) is 0 Å². The third-order valence-electron chi connectivity index (χ3n) is 3.48. The number of rotatable bonds is 3. The van der Waals surface area contributed by atoms with Crippen LogP contribution in [0.4, 0.5) is 5.69 Å². The number of anilines is 1. The van der Waals surface area contributed by atoms with Crippen molar-refractivity contribution < 1.29 is 8.42 Å². The van der Waals surface area contributed by atoms with Crippen LogP contribution < -0.4 is 5.73 Å². The lowest BCUT2D eigenvalue weighted by molar-refractivity contribution is 0.595. The molecule has 0 bridgehead atoms. The second-order valence-electron chi connectivity index (χ2n) is 5.17. The van der Waals surface area contributed by atoms with E-state index in [1.54, 1.807) is 12.1 Å². The summed E-state index contributed by atoms with van der Waals surface area (Å²) in [5, 5.41) is 0. The van der Waals surface area contributed by atoms with Gasteiger partial charge >= 0.3 is 0 Å². The van der Waals surface area contributed by atoms with Gasteiger partial charge in [0.2, 0.25) is 0 Å². The molecule has 0 aliphatic heterocycles. The molecule has 0 spiro atoms. The van der Waals surface area contributed by atoms with Crippen molar-refractivity contribution in [2.24, 2.45) is 0 Å². The summed E-state index contributed by atoms with van der Waals surface area (Å²) in [6.45, 7) is 5.71. The quantitative estimate of drug-likeness (QED) is 0.883. The molecule has 2 aromatic carbocycles. The van der Waals surface area contributed by atoms with E-state index in [-0.39, 0.29) is 10.6 Å². The van der Waals surface area contributed by atoms with Crippen LogP contribution in [-0.4, -0.2) is 8.42 Å². The first-order valence-corrected chi connectivity index (χ1v) is 8.10. The highest BCUT2D eigenvalue weighted by atomic mass is 32.2. The van der Waals surface area contributed by atoms with Crippen LogP contribution >= 0.6 is 0 Å². The summed E-state index contributed by atoms with van der Waals surface area (Å²) in [4.78, 5) is 0.222. The van der Waals surface area contributed by atoms with E-state index in [0.29, 0.717) is 5.69 Å². The fourth-order valence-electron chi connectivity index (χ4n) is 2.26. The zero-order valence-corrected chi connectivity index (χ0v) is 12.8. The van der Waals surface area contributed by atoms with E-state index in [4.69, 9.17) is 5.73 Å². The maximum Gasteiger partial charge on any atom is 0.184 e. The topological polar surface area (TPSA) is 60.2 Å². The SMILES string of the molecule is Cc1ccc(N)c(S(=O)(=O)Cc2c(C)cccc2C)c1. The molecular weight excluding hydrogens is 270 g/mol. The minimum Gasteiger partial charge on any atom is -0.398 e. The Hall–Kier alpha value is -1.81. The van der Waals surface area contributed by atoms with Crippen LogP contribution in [-0.2, 0) is 15.6 Å². The van der Waals surface area contributed by atoms with Crippen molar-refractivity contribution in [3.05, 3.63) is 58.7 Å². The van der Waals surface area contributed by atoms with Crippen molar-refractivity contribution >= 4 is 15.5 Å². The highest BCUT2D eigenvalue weighted by Gasteiger charge is 2.20. The summed E-state index contributed by atoms with van der Waals surface area (Å²) in [6.07, 6.45) is 0. The van der Waals surface area contributed by atoms with Gasteiger partial charge in [-0.1, -0.05) is 24.3 Å². The molecule has 106 valence electrons. The Balaban J connectivity index is 2.49. The van der Waals surface area contributed by atoms with Gasteiger partial charge < -0.3 is 5.73 Å². The molecule has 2 aromatic rings. The zero-order chi connectivity index (χ0) is 14.9. The molecular formula is C16H19NO2S. The summed E-state index contributed by atoms with van der Waals surface area (Å²) in [5.41, 5.74) is 9.85. The molecule has 3 nitrogen and oxygen atoms in total. The lowest BCUT2D eigenvalue weighted by Crippen LogP contribution is -2.10. The molecule has 0 aliphatic carbocycles. The Morgan fingerprint density at radius 3 is 2.20 bits per heavy atom. The van der Waals surface area contributed by atoms with Crippen molar-refractivity contribution in [2.45, 2.75) is 31.4 Å². The van der Waals surface area contributed by atoms with E-state index in [9.17, 15) is 8.42 Å². The summed E-state index contributed by atoms with van der Waals surface area (Å²) >= 11 is 0. The van der Waals surface area contributed by atoms with E-state index in [1.807, 2.05) is 45.0 Å². The maximum atomic E-state index is 12.6. The van der Waals surface area contributed by atoms with E-state index in [2.05, 4.69) is 0 Å². The number of aryl methyl sites for hydroxylation is 3. The minimum atomic E-state index is -3.44. The Morgan fingerprint density at radius 2 is 1.60 bits per heavy atom. The van der Waals surface area contributed by atoms with Gasteiger partial charge in [0.25, 0.3) is 0 Å². The van der Waals surface area contributed by atoms with Crippen LogP contribution in [0.1, 0.15) is 22.3 Å². The first-order valence-electron chi connectivity index (χ1n) is 6.45. The largest absolute Gasteiger partial charge is 0.398 e. The predicted octanol–water partition coefficient (Wildman–Crippen LogP) is 3.17. The average molecular weight is 289 g/mol. The van der Waals surface area contributed by atoms with Crippen LogP contribution in [0.2, 0.25) is 0 Å². The Morgan fingerprint density at radius 1 is 1.00 bits per heavy atom. The van der Waals surface area contributed by atoms with Gasteiger partial charge in [0.1, 0.15) is 0 Å². The monoisotopic (exact) mass is 289 g/mol. The molecule has 0 unspecified atom stereocenters. The lowest BCUT2D eigenvalue weighted by atomic mass is 10.1. The van der Waals surface area contributed by atoms with E-state index >= 15 is 0 Å². The number of hydrogen-bond donors (Lipinski definition) is 1. The lowest BCUT2D eigenvalue weighted by Gasteiger charge is -2.12. The second-order valence-corrected chi connectivity index (χ2v) is 7.13. The van der Waals surface area contributed by atoms with Crippen molar-refractivity contribution in [3.63, 3.8) is 0 Å². The van der Waals surface area contributed by atoms with Gasteiger partial charge in [-0.05, 0) is 55.2 Å². The van der Waals surface area contributed by atoms with Gasteiger partial charge in [-0.25, -0.2) is 8.42 Å². The zero-order valence-electron chi connectivity index (χ0n) is 12.0. The molecule has 2 N–H and O–H groups in total. The van der Waals surface area contributed by atoms with E-state index < -0.39 is 9.84 Å². The molecule has 0 heterocycles. The van der Waals surface area contributed by atoms with E-state index in [0.717, 1.165) is 22.3 Å². The standard InChI is InChI=1S/C16H19NO2S/c1-11-7-8-15(17)16(9-11)20(18,19)10-14-12(2)5-4-6-13(14)3/h4-9H,10,17H2,1-3H3. The second kappa shape index (κ2) is 5.29. The fraction of sp³-hybridized carbons (Fsp3) is 0.250. The fourth-order valence-corrected chi connectivity index (χ4v) is 4.04. The molecule has 0 atom stereocenters. The summed E-state index contributed by atoms with van der Waals surface area (Å²) in [7, 11) is -3.44. The van der Waals surface area contributed by atoms with Crippen LogP contribution in [0.5, 0.6) is 0 Å². The van der Waals surface area contributed by atoms with Crippen molar-refractivity contribution in [2.75, 3.05) is 5.73 Å². The molecule has 0 radical (unpaired) electrons. The van der Waals surface area contributed by atoms with Crippen LogP contribution in [0.25, 0.3) is 0 Å². The van der Waals surface area contributed by atoms with Crippen molar-refractivity contribution in [1.29, 1.82) is 0 Å². The van der Waals surface area contributed by atoms with Gasteiger partial charge in [0.15, 0.2) is 9.84 Å². The maximum absolute atomic E-state index is 12.6. The molecule has 0 aromatic heterocycles. The molecule has 20 heavy (non-hydrogen) atoms. The summed E-state index contributed by atoms with van der Waals surface area (Å²) in [5.74, 6) is -0.0147. The van der Waals surface area contributed by atoms with Gasteiger partial charge in [-0.3, -0.25) is 0 Å². The number of sulfone groups is 1. The smallest absolute Gasteiger partial charge is 0.184 e. The number of hydrogen-bond acceptors (Lipinski definition) is 3. The molecule has 0 saturated heterocycles. The molecule has 2 rings (SSSR count).